The molecule has 3 aromatic carbocycles. The van der Waals surface area contributed by atoms with Crippen molar-refractivity contribution in [3.8, 4) is 0 Å². The predicted molar refractivity (Wildman–Crippen MR) is 144 cm³/mol. The van der Waals surface area contributed by atoms with Crippen molar-refractivity contribution in [1.82, 2.24) is 0 Å². The van der Waals surface area contributed by atoms with Gasteiger partial charge in [0.05, 0.1) is 0 Å². The molecule has 3 nitrogen and oxygen atoms in total. The molecule has 1 heterocycles. The maximum atomic E-state index is 12.7. The van der Waals surface area contributed by atoms with Gasteiger partial charge in [0.1, 0.15) is 0 Å². The van der Waals surface area contributed by atoms with Crippen LogP contribution in [0.5, 0.6) is 0 Å². The number of hydrogen-bond donors (Lipinski definition) is 1. The van der Waals surface area contributed by atoms with Crippen LogP contribution in [0.4, 0.5) is 11.4 Å². The first-order valence-corrected chi connectivity index (χ1v) is 12.3. The van der Waals surface area contributed by atoms with E-state index in [4.69, 9.17) is 0 Å². The van der Waals surface area contributed by atoms with Crippen molar-refractivity contribution < 1.29 is 4.79 Å². The summed E-state index contributed by atoms with van der Waals surface area (Å²) in [6, 6.07) is 26.0. The first-order chi connectivity index (χ1) is 15.9. The smallest absolute Gasteiger partial charge is 0.224 e. The molecule has 34 heavy (non-hydrogen) atoms. The zero-order valence-electron chi connectivity index (χ0n) is 21.7. The summed E-state index contributed by atoms with van der Waals surface area (Å²) in [6.45, 7) is 15.8. The minimum Gasteiger partial charge on any atom is -0.381 e. The van der Waals surface area contributed by atoms with E-state index >= 15 is 0 Å². The Morgan fingerprint density at radius 1 is 0.941 bits per heavy atom. The largest absolute Gasteiger partial charge is 0.381 e. The molecular weight excluding hydrogens is 416 g/mol. The number of amides is 1. The Morgan fingerprint density at radius 3 is 2.18 bits per heavy atom. The normalized spacial score (nSPS) is 19.4. The van der Waals surface area contributed by atoms with Crippen LogP contribution in [0.15, 0.2) is 72.8 Å². The Kier molecular flexibility index (Phi) is 6.10. The van der Waals surface area contributed by atoms with Crippen LogP contribution in [0.2, 0.25) is 0 Å². The molecular formula is C31H38N2O. The van der Waals surface area contributed by atoms with Crippen LogP contribution in [-0.4, -0.2) is 11.4 Å². The molecule has 1 amide bonds. The van der Waals surface area contributed by atoms with Crippen LogP contribution < -0.4 is 10.2 Å². The number of carbonyl (C=O) groups excluding carboxylic acids is 1. The van der Waals surface area contributed by atoms with Crippen LogP contribution in [0.25, 0.3) is 0 Å². The fourth-order valence-corrected chi connectivity index (χ4v) is 5.63. The third-order valence-corrected chi connectivity index (χ3v) is 7.27. The lowest BCUT2D eigenvalue weighted by Crippen LogP contribution is -2.55. The van der Waals surface area contributed by atoms with Gasteiger partial charge in [0, 0.05) is 35.8 Å². The van der Waals surface area contributed by atoms with Gasteiger partial charge in [0.2, 0.25) is 5.91 Å². The summed E-state index contributed by atoms with van der Waals surface area (Å²) >= 11 is 0. The van der Waals surface area contributed by atoms with E-state index in [2.05, 4.69) is 120 Å². The van der Waals surface area contributed by atoms with Gasteiger partial charge in [-0.3, -0.25) is 4.79 Å². The lowest BCUT2D eigenvalue weighted by molar-refractivity contribution is -0.117. The number of rotatable bonds is 4. The fourth-order valence-electron chi connectivity index (χ4n) is 5.63. The molecule has 0 aromatic heterocycles. The van der Waals surface area contributed by atoms with Gasteiger partial charge >= 0.3 is 0 Å². The van der Waals surface area contributed by atoms with Crippen LogP contribution in [-0.2, 0) is 22.2 Å². The summed E-state index contributed by atoms with van der Waals surface area (Å²) in [5.74, 6) is 0.0843. The van der Waals surface area contributed by atoms with Gasteiger partial charge < -0.3 is 10.2 Å². The molecule has 4 rings (SSSR count). The van der Waals surface area contributed by atoms with E-state index < -0.39 is 0 Å². The lowest BCUT2D eigenvalue weighted by Gasteiger charge is -2.51. The molecule has 3 heteroatoms. The molecule has 0 saturated heterocycles. The first-order valence-electron chi connectivity index (χ1n) is 12.3. The molecule has 1 aliphatic heterocycles. The molecule has 178 valence electrons. The Morgan fingerprint density at radius 2 is 1.59 bits per heavy atom. The second kappa shape index (κ2) is 8.61. The van der Waals surface area contributed by atoms with Gasteiger partial charge in [0.25, 0.3) is 0 Å². The summed E-state index contributed by atoms with van der Waals surface area (Å²) < 4.78 is 0. The average Bonchev–Trinajstić information content (AvgIpc) is 2.77. The molecule has 0 fully saturated rings. The summed E-state index contributed by atoms with van der Waals surface area (Å²) in [4.78, 5) is 14.7. The van der Waals surface area contributed by atoms with Crippen LogP contribution in [0, 0.1) is 0 Å². The second-order valence-electron chi connectivity index (χ2n) is 11.6. The number of benzene rings is 3. The van der Waals surface area contributed by atoms with E-state index in [0.717, 1.165) is 24.3 Å². The molecule has 0 bridgehead atoms. The highest BCUT2D eigenvalue weighted by molar-refractivity contribution is 5.95. The molecule has 0 saturated carbocycles. The fraction of sp³-hybridized carbons (Fsp3) is 0.387. The lowest BCUT2D eigenvalue weighted by atomic mass is 9.65. The van der Waals surface area contributed by atoms with Crippen molar-refractivity contribution in [2.75, 3.05) is 10.2 Å². The molecule has 1 unspecified atom stereocenters. The molecule has 0 spiro atoms. The predicted octanol–water partition coefficient (Wildman–Crippen LogP) is 7.44. The minimum atomic E-state index is -0.285. The van der Waals surface area contributed by atoms with E-state index in [1.807, 2.05) is 4.90 Å². The van der Waals surface area contributed by atoms with Gasteiger partial charge in [-0.25, -0.2) is 0 Å². The van der Waals surface area contributed by atoms with Gasteiger partial charge in [-0.15, -0.1) is 0 Å². The van der Waals surface area contributed by atoms with Gasteiger partial charge in [0.15, 0.2) is 0 Å². The molecule has 1 aliphatic rings. The number of anilines is 2. The zero-order valence-corrected chi connectivity index (χ0v) is 21.7. The number of nitrogens with zero attached hydrogens (tertiary/aromatic N) is 1. The Labute approximate surface area is 205 Å². The summed E-state index contributed by atoms with van der Waals surface area (Å²) in [6.07, 6.45) is 0.855. The van der Waals surface area contributed by atoms with E-state index in [0.29, 0.717) is 0 Å². The second-order valence-corrected chi connectivity index (χ2v) is 11.6. The van der Waals surface area contributed by atoms with Crippen molar-refractivity contribution in [3.63, 3.8) is 0 Å². The molecule has 0 aliphatic carbocycles. The quantitative estimate of drug-likeness (QED) is 0.444. The van der Waals surface area contributed by atoms with Crippen molar-refractivity contribution in [1.29, 1.82) is 0 Å². The molecule has 1 N–H and O–H groups in total. The standard InChI is InChI=1S/C31H38N2O/c1-22(34)33-28-18-17-26(32-20-23-13-15-24(16-14-23)29(2,3)4)19-27(28)31(7,21-30(33,5)6)25-11-9-8-10-12-25/h8-19,32H,20-21H2,1-7H3. The van der Waals surface area contributed by atoms with Gasteiger partial charge in [-0.05, 0) is 66.1 Å². The highest BCUT2D eigenvalue weighted by atomic mass is 16.2. The number of nitrogens with one attached hydrogen (secondary N) is 1. The summed E-state index contributed by atoms with van der Waals surface area (Å²) in [5, 5.41) is 3.62. The van der Waals surface area contributed by atoms with Crippen LogP contribution in [0.1, 0.15) is 77.1 Å². The maximum absolute atomic E-state index is 12.7. The van der Waals surface area contributed by atoms with Crippen molar-refractivity contribution in [2.24, 2.45) is 0 Å². The highest BCUT2D eigenvalue weighted by Gasteiger charge is 2.47. The Bertz CT molecular complexity index is 1170. The average molecular weight is 455 g/mol. The number of carbonyl (C=O) groups is 1. The van der Waals surface area contributed by atoms with Crippen LogP contribution in [0.3, 0.4) is 0 Å². The number of hydrogen-bond acceptors (Lipinski definition) is 2. The SMILES string of the molecule is CC(=O)N1c2ccc(NCc3ccc(C(C)(C)C)cc3)cc2C(C)(c2ccccc2)CC1(C)C. The topological polar surface area (TPSA) is 32.3 Å². The van der Waals surface area contributed by atoms with E-state index in [1.165, 1.54) is 22.3 Å². The highest BCUT2D eigenvalue weighted by Crippen LogP contribution is 2.51. The molecule has 0 radical (unpaired) electrons. The van der Waals surface area contributed by atoms with Gasteiger partial charge in [-0.1, -0.05) is 82.3 Å². The van der Waals surface area contributed by atoms with Crippen LogP contribution >= 0.6 is 0 Å². The van der Waals surface area contributed by atoms with E-state index in [9.17, 15) is 4.79 Å². The van der Waals surface area contributed by atoms with E-state index in [1.54, 1.807) is 6.92 Å². The Hall–Kier alpha value is -3.07. The van der Waals surface area contributed by atoms with Crippen molar-refractivity contribution in [2.45, 2.75) is 77.8 Å². The monoisotopic (exact) mass is 454 g/mol. The van der Waals surface area contributed by atoms with Crippen molar-refractivity contribution in [3.05, 3.63) is 95.1 Å². The minimum absolute atomic E-state index is 0.0843. The third-order valence-electron chi connectivity index (χ3n) is 7.27. The Balaban J connectivity index is 1.70. The maximum Gasteiger partial charge on any atom is 0.224 e. The van der Waals surface area contributed by atoms with Crippen molar-refractivity contribution >= 4 is 17.3 Å². The summed E-state index contributed by atoms with van der Waals surface area (Å²) in [5.41, 5.74) is 6.83. The third kappa shape index (κ3) is 4.49. The zero-order chi connectivity index (χ0) is 24.7. The number of fused-ring (bicyclic) bond motifs is 1. The van der Waals surface area contributed by atoms with Gasteiger partial charge in [-0.2, -0.15) is 0 Å². The first kappa shape index (κ1) is 24.1. The summed E-state index contributed by atoms with van der Waals surface area (Å²) in [7, 11) is 0. The molecule has 3 aromatic rings. The molecule has 1 atom stereocenters. The van der Waals surface area contributed by atoms with E-state index in [-0.39, 0.29) is 22.3 Å².